The number of carbonyl (C=O) groups excluding carboxylic acids is 4. The van der Waals surface area contributed by atoms with Crippen molar-refractivity contribution in [2.45, 2.75) is 111 Å². The largest absolute Gasteiger partial charge is 1.00 e. The first-order valence-electron chi connectivity index (χ1n) is 15.6. The Kier molecular flexibility index (Phi) is 25.8. The maximum atomic E-state index is 12.1. The molecule has 0 aliphatic heterocycles. The Labute approximate surface area is 310 Å². The van der Waals surface area contributed by atoms with Crippen molar-refractivity contribution in [3.05, 3.63) is 60.0 Å². The molecular weight excluding hydrogens is 578 g/mol. The fourth-order valence-corrected chi connectivity index (χ4v) is 5.22. The predicted molar refractivity (Wildman–Crippen MR) is 178 cm³/mol. The third kappa shape index (κ3) is 15.1. The number of hydrogen-bond donors (Lipinski definition) is 1. The SMILES string of the molecule is C=O.C=O.CC.CCC(C)(C)C[C@H](C)[C-]=O.CNC(=O)Cc1cccc(OC2C[CH-]CC2)c1-c1ccccc1C1CCC1.[K+]. The van der Waals surface area contributed by atoms with Gasteiger partial charge in [0.15, 0.2) is 0 Å². The van der Waals surface area contributed by atoms with Gasteiger partial charge in [0.05, 0.1) is 12.5 Å². The van der Waals surface area contributed by atoms with Gasteiger partial charge in [-0.3, -0.25) is 11.1 Å². The van der Waals surface area contributed by atoms with Crippen molar-refractivity contribution < 1.29 is 75.3 Å². The molecule has 2 aromatic rings. The van der Waals surface area contributed by atoms with Crippen LogP contribution in [0.5, 0.6) is 5.75 Å². The molecule has 1 N–H and O–H groups in total. The van der Waals surface area contributed by atoms with Crippen LogP contribution >= 0.6 is 0 Å². The monoisotopic (exact) mass is 632 g/mol. The average Bonchev–Trinajstić information content (AvgIpc) is 3.53. The van der Waals surface area contributed by atoms with Crippen LogP contribution < -0.4 is 61.4 Å². The minimum absolute atomic E-state index is 0. The topological polar surface area (TPSA) is 89.5 Å². The summed E-state index contributed by atoms with van der Waals surface area (Å²) < 4.78 is 6.44. The second-order valence-corrected chi connectivity index (χ2v) is 11.4. The van der Waals surface area contributed by atoms with Crippen LogP contribution in [-0.2, 0) is 25.6 Å². The van der Waals surface area contributed by atoms with Gasteiger partial charge in [0.1, 0.15) is 19.3 Å². The summed E-state index contributed by atoms with van der Waals surface area (Å²) in [7, 11) is 1.69. The Bertz CT molecular complexity index is 1060. The first-order chi connectivity index (χ1) is 20.8. The molecule has 2 saturated carbocycles. The van der Waals surface area contributed by atoms with Crippen molar-refractivity contribution in [2.24, 2.45) is 11.3 Å². The maximum Gasteiger partial charge on any atom is 1.00 e. The van der Waals surface area contributed by atoms with Gasteiger partial charge in [0, 0.05) is 12.6 Å². The Morgan fingerprint density at radius 2 is 1.70 bits per heavy atom. The van der Waals surface area contributed by atoms with Crippen LogP contribution in [0.15, 0.2) is 42.5 Å². The van der Waals surface area contributed by atoms with Gasteiger partial charge in [-0.2, -0.15) is 6.42 Å². The average molecular weight is 633 g/mol. The Morgan fingerprint density at radius 1 is 1.07 bits per heavy atom. The molecular formula is C37H55KNO5-. The first-order valence-corrected chi connectivity index (χ1v) is 15.6. The first kappa shape index (κ1) is 44.5. The molecule has 240 valence electrons. The van der Waals surface area contributed by atoms with Gasteiger partial charge in [-0.1, -0.05) is 97.2 Å². The summed E-state index contributed by atoms with van der Waals surface area (Å²) in [5.41, 5.74) is 5.09. The molecule has 2 aliphatic rings. The van der Waals surface area contributed by atoms with Crippen LogP contribution in [0.1, 0.15) is 110 Å². The number of carbonyl (C=O) groups is 3. The van der Waals surface area contributed by atoms with E-state index in [4.69, 9.17) is 14.3 Å². The van der Waals surface area contributed by atoms with Crippen LogP contribution in [0.25, 0.3) is 11.1 Å². The fourth-order valence-electron chi connectivity index (χ4n) is 5.22. The van der Waals surface area contributed by atoms with Crippen LogP contribution in [0, 0.1) is 17.8 Å². The van der Waals surface area contributed by atoms with Crippen molar-refractivity contribution in [1.29, 1.82) is 0 Å². The summed E-state index contributed by atoms with van der Waals surface area (Å²) in [5.74, 6) is 1.67. The van der Waals surface area contributed by atoms with E-state index in [0.29, 0.717) is 17.8 Å². The second kappa shape index (κ2) is 25.5. The van der Waals surface area contributed by atoms with Gasteiger partial charge in [-0.25, -0.2) is 0 Å². The summed E-state index contributed by atoms with van der Waals surface area (Å²) >= 11 is 0. The van der Waals surface area contributed by atoms with Crippen LogP contribution in [0.3, 0.4) is 0 Å². The maximum absolute atomic E-state index is 12.1. The van der Waals surface area contributed by atoms with Gasteiger partial charge in [0.25, 0.3) is 0 Å². The zero-order valence-electron chi connectivity index (χ0n) is 28.7. The van der Waals surface area contributed by atoms with Crippen LogP contribution in [0.4, 0.5) is 0 Å². The van der Waals surface area contributed by atoms with E-state index < -0.39 is 0 Å². The normalized spacial score (nSPS) is 15.7. The van der Waals surface area contributed by atoms with Gasteiger partial charge in [-0.15, -0.1) is 12.3 Å². The molecule has 6 nitrogen and oxygen atoms in total. The van der Waals surface area contributed by atoms with Gasteiger partial charge < -0.3 is 30.9 Å². The van der Waals surface area contributed by atoms with E-state index in [1.807, 2.05) is 46.7 Å². The van der Waals surface area contributed by atoms with E-state index in [1.54, 1.807) is 7.05 Å². The van der Waals surface area contributed by atoms with E-state index in [2.05, 4.69) is 68.9 Å². The standard InChI is InChI=1S/C24H28NO2.C9H17O.C2H6.2CH2O.K/c1-25-23(26)16-18-10-7-15-22(27-19-11-2-3-12-19)24(18)21-14-5-4-13-20(21)17-8-6-9-17;1-5-9(3,4)6-8(2)7-10;3*1-2;/h2,4-5,7,10,13-15,17,19H,3,6,8-9,11-12,16H2,1H3,(H,25,26);8H,5-6H2,1-4H3;1-2H3;2*1H2;/q2*-1;;;;+1/t;8-;;;;/m.0..../s1. The van der Waals surface area contributed by atoms with E-state index in [-0.39, 0.29) is 69.3 Å². The molecule has 2 atom stereocenters. The molecule has 4 rings (SSSR count). The number of benzene rings is 2. The van der Waals surface area contributed by atoms with Crippen LogP contribution in [-0.4, -0.2) is 38.9 Å². The van der Waals surface area contributed by atoms with E-state index in [0.717, 1.165) is 49.0 Å². The van der Waals surface area contributed by atoms with Gasteiger partial charge in [-0.05, 0) is 53.4 Å². The molecule has 44 heavy (non-hydrogen) atoms. The van der Waals surface area contributed by atoms with Gasteiger partial charge in [0.2, 0.25) is 5.91 Å². The molecule has 0 aromatic heterocycles. The summed E-state index contributed by atoms with van der Waals surface area (Å²) in [6.07, 6.45) is 14.0. The van der Waals surface area contributed by atoms with Crippen molar-refractivity contribution in [3.8, 4) is 16.9 Å². The summed E-state index contributed by atoms with van der Waals surface area (Å²) in [5, 5.41) is 2.76. The molecule has 0 spiro atoms. The molecule has 1 unspecified atom stereocenters. The van der Waals surface area contributed by atoms with Crippen molar-refractivity contribution in [3.63, 3.8) is 0 Å². The molecule has 0 radical (unpaired) electrons. The molecule has 2 aliphatic carbocycles. The van der Waals surface area contributed by atoms with E-state index in [9.17, 15) is 9.59 Å². The second-order valence-electron chi connectivity index (χ2n) is 11.4. The molecule has 0 saturated heterocycles. The smallest absolute Gasteiger partial charge is 0.542 e. The summed E-state index contributed by atoms with van der Waals surface area (Å²) in [4.78, 5) is 38.3. The van der Waals surface area contributed by atoms with Crippen molar-refractivity contribution in [2.75, 3.05) is 7.05 Å². The quantitative estimate of drug-likeness (QED) is 0.285. The predicted octanol–water partition coefficient (Wildman–Crippen LogP) is 5.26. The Morgan fingerprint density at radius 3 is 2.20 bits per heavy atom. The minimum atomic E-state index is 0. The number of hydrogen-bond acceptors (Lipinski definition) is 5. The van der Waals surface area contributed by atoms with E-state index >= 15 is 0 Å². The Balaban J connectivity index is 0. The molecule has 7 heteroatoms. The van der Waals surface area contributed by atoms with Crippen molar-refractivity contribution in [1.82, 2.24) is 5.32 Å². The number of nitrogens with one attached hydrogen (secondary N) is 1. The zero-order valence-corrected chi connectivity index (χ0v) is 31.8. The molecule has 2 aromatic carbocycles. The number of ether oxygens (including phenoxy) is 1. The van der Waals surface area contributed by atoms with Crippen molar-refractivity contribution >= 4 is 25.8 Å². The van der Waals surface area contributed by atoms with E-state index in [1.165, 1.54) is 30.4 Å². The molecule has 0 bridgehead atoms. The molecule has 2 fully saturated rings. The number of amides is 1. The number of likely N-dealkylation sites (N-methyl/N-ethyl adjacent to an activating group) is 1. The summed E-state index contributed by atoms with van der Waals surface area (Å²) in [6.45, 7) is 16.4. The third-order valence-electron chi connectivity index (χ3n) is 7.95. The number of rotatable bonds is 10. The molecule has 0 heterocycles. The third-order valence-corrected chi connectivity index (χ3v) is 7.95. The minimum Gasteiger partial charge on any atom is -0.542 e. The molecule has 1 amide bonds. The Hall–Kier alpha value is -1.64. The fraction of sp³-hybridized carbons (Fsp3) is 0.541. The zero-order chi connectivity index (χ0) is 32.8. The van der Waals surface area contributed by atoms with Crippen LogP contribution in [0.2, 0.25) is 0 Å². The summed E-state index contributed by atoms with van der Waals surface area (Å²) in [6, 6.07) is 14.8. The van der Waals surface area contributed by atoms with Gasteiger partial charge >= 0.3 is 51.4 Å².